The van der Waals surface area contributed by atoms with Gasteiger partial charge in [-0.2, -0.15) is 0 Å². The zero-order chi connectivity index (χ0) is 18.6. The Hall–Kier alpha value is -1.79. The van der Waals surface area contributed by atoms with Gasteiger partial charge in [0.05, 0.1) is 26.4 Å². The lowest BCUT2D eigenvalue weighted by molar-refractivity contribution is 0.0389. The van der Waals surface area contributed by atoms with Crippen LogP contribution in [0.2, 0.25) is 0 Å². The second-order valence-corrected chi connectivity index (χ2v) is 6.93. The highest BCUT2D eigenvalue weighted by atomic mass is 16.5. The summed E-state index contributed by atoms with van der Waals surface area (Å²) >= 11 is 0. The number of rotatable bonds is 9. The summed E-state index contributed by atoms with van der Waals surface area (Å²) in [5.41, 5.74) is 1.15. The second kappa shape index (κ2) is 11.8. The van der Waals surface area contributed by atoms with Crippen LogP contribution in [0.25, 0.3) is 0 Å². The monoisotopic (exact) mass is 362 g/mol. The molecule has 6 heteroatoms. The quantitative estimate of drug-likeness (QED) is 0.520. The van der Waals surface area contributed by atoms with Gasteiger partial charge in [-0.3, -0.25) is 4.90 Å². The number of nitrogens with one attached hydrogen (secondary N) is 2. The summed E-state index contributed by atoms with van der Waals surface area (Å²) in [5, 5.41) is 6.73. The Morgan fingerprint density at radius 3 is 2.81 bits per heavy atom. The van der Waals surface area contributed by atoms with E-state index in [1.165, 1.54) is 0 Å². The molecular formula is C20H34N4O2. The number of hydrogen-bond donors (Lipinski definition) is 2. The number of nitrogens with zero attached hydrogens (tertiary/aromatic N) is 2. The molecule has 2 N–H and O–H groups in total. The van der Waals surface area contributed by atoms with Crippen LogP contribution in [0.4, 0.5) is 0 Å². The molecule has 1 aliphatic heterocycles. The summed E-state index contributed by atoms with van der Waals surface area (Å²) in [7, 11) is 0. The fraction of sp³-hybridized carbons (Fsp3) is 0.650. The van der Waals surface area contributed by atoms with E-state index in [0.717, 1.165) is 69.8 Å². The summed E-state index contributed by atoms with van der Waals surface area (Å²) in [4.78, 5) is 7.11. The molecule has 1 heterocycles. The molecule has 1 saturated heterocycles. The predicted octanol–water partition coefficient (Wildman–Crippen LogP) is 2.11. The van der Waals surface area contributed by atoms with Crippen LogP contribution in [0.3, 0.4) is 0 Å². The zero-order valence-corrected chi connectivity index (χ0v) is 16.5. The average molecular weight is 363 g/mol. The zero-order valence-electron chi connectivity index (χ0n) is 16.5. The Bertz CT molecular complexity index is 542. The largest absolute Gasteiger partial charge is 0.493 e. The maximum atomic E-state index is 5.80. The van der Waals surface area contributed by atoms with Gasteiger partial charge in [0.1, 0.15) is 5.75 Å². The maximum absolute atomic E-state index is 5.80. The summed E-state index contributed by atoms with van der Waals surface area (Å²) in [6, 6.07) is 8.19. The number of morpholine rings is 1. The third kappa shape index (κ3) is 8.06. The third-order valence-corrected chi connectivity index (χ3v) is 4.07. The lowest BCUT2D eigenvalue weighted by Gasteiger charge is -2.26. The molecule has 0 atom stereocenters. The molecule has 0 aromatic heterocycles. The Balaban J connectivity index is 1.82. The van der Waals surface area contributed by atoms with Crippen molar-refractivity contribution in [1.29, 1.82) is 0 Å². The number of aliphatic imine (C=N–C) groups is 1. The van der Waals surface area contributed by atoms with Crippen LogP contribution < -0.4 is 15.4 Å². The van der Waals surface area contributed by atoms with Crippen molar-refractivity contribution in [2.75, 3.05) is 52.5 Å². The molecule has 1 fully saturated rings. The fourth-order valence-corrected chi connectivity index (χ4v) is 2.67. The first-order chi connectivity index (χ1) is 12.7. The molecule has 0 radical (unpaired) electrons. The number of hydrogen-bond acceptors (Lipinski definition) is 4. The van der Waals surface area contributed by atoms with E-state index in [9.17, 15) is 0 Å². The molecule has 0 unspecified atom stereocenters. The Morgan fingerprint density at radius 2 is 2.08 bits per heavy atom. The minimum Gasteiger partial charge on any atom is -0.493 e. The van der Waals surface area contributed by atoms with Crippen molar-refractivity contribution >= 4 is 5.96 Å². The van der Waals surface area contributed by atoms with Gasteiger partial charge in [-0.25, -0.2) is 4.99 Å². The van der Waals surface area contributed by atoms with Crippen LogP contribution in [0.15, 0.2) is 29.3 Å². The summed E-state index contributed by atoms with van der Waals surface area (Å²) in [5.74, 6) is 2.29. The van der Waals surface area contributed by atoms with E-state index in [0.29, 0.717) is 12.5 Å². The first kappa shape index (κ1) is 20.5. The molecule has 2 rings (SSSR count). The van der Waals surface area contributed by atoms with Crippen molar-refractivity contribution in [2.45, 2.75) is 27.3 Å². The van der Waals surface area contributed by atoms with Gasteiger partial charge < -0.3 is 20.1 Å². The average Bonchev–Trinajstić information content (AvgIpc) is 2.65. The minimum atomic E-state index is 0.521. The van der Waals surface area contributed by atoms with Crippen molar-refractivity contribution in [3.05, 3.63) is 29.8 Å². The number of ether oxygens (including phenoxy) is 2. The third-order valence-electron chi connectivity index (χ3n) is 4.07. The Labute approximate surface area is 158 Å². The Morgan fingerprint density at radius 1 is 1.27 bits per heavy atom. The minimum absolute atomic E-state index is 0.521. The van der Waals surface area contributed by atoms with Crippen molar-refractivity contribution in [2.24, 2.45) is 10.9 Å². The molecular weight excluding hydrogens is 328 g/mol. The number of guanidine groups is 1. The van der Waals surface area contributed by atoms with Crippen LogP contribution >= 0.6 is 0 Å². The first-order valence-electron chi connectivity index (χ1n) is 9.71. The van der Waals surface area contributed by atoms with Crippen LogP contribution in [0.1, 0.15) is 26.3 Å². The van der Waals surface area contributed by atoms with E-state index in [2.05, 4.69) is 48.4 Å². The maximum Gasteiger partial charge on any atom is 0.191 e. The standard InChI is InChI=1S/C20H34N4O2/c1-4-21-20(22-8-9-24-10-12-25-13-11-24)23-15-18-6-5-7-19(14-18)26-16-17(2)3/h5-7,14,17H,4,8-13,15-16H2,1-3H3,(H2,21,22,23). The highest BCUT2D eigenvalue weighted by Crippen LogP contribution is 2.15. The van der Waals surface area contributed by atoms with Gasteiger partial charge in [-0.15, -0.1) is 0 Å². The SMILES string of the molecule is CCNC(=NCc1cccc(OCC(C)C)c1)NCCN1CCOCC1. The number of benzene rings is 1. The lowest BCUT2D eigenvalue weighted by Crippen LogP contribution is -2.44. The van der Waals surface area contributed by atoms with E-state index in [-0.39, 0.29) is 0 Å². The fourth-order valence-electron chi connectivity index (χ4n) is 2.67. The topological polar surface area (TPSA) is 58.1 Å². The highest BCUT2D eigenvalue weighted by Gasteiger charge is 2.09. The predicted molar refractivity (Wildman–Crippen MR) is 107 cm³/mol. The molecule has 0 bridgehead atoms. The van der Waals surface area contributed by atoms with Crippen LogP contribution in [-0.2, 0) is 11.3 Å². The van der Waals surface area contributed by atoms with Crippen molar-refractivity contribution in [3.63, 3.8) is 0 Å². The van der Waals surface area contributed by atoms with E-state index >= 15 is 0 Å². The van der Waals surface area contributed by atoms with Crippen molar-refractivity contribution in [3.8, 4) is 5.75 Å². The van der Waals surface area contributed by atoms with Crippen LogP contribution in [0, 0.1) is 5.92 Å². The molecule has 1 aromatic carbocycles. The Kier molecular flexibility index (Phi) is 9.28. The van der Waals surface area contributed by atoms with Crippen LogP contribution in [-0.4, -0.2) is 63.4 Å². The molecule has 0 aliphatic carbocycles. The molecule has 146 valence electrons. The smallest absolute Gasteiger partial charge is 0.191 e. The van der Waals surface area contributed by atoms with E-state index in [4.69, 9.17) is 14.5 Å². The molecule has 1 aliphatic rings. The van der Waals surface area contributed by atoms with Gasteiger partial charge in [-0.1, -0.05) is 26.0 Å². The van der Waals surface area contributed by atoms with Crippen molar-refractivity contribution in [1.82, 2.24) is 15.5 Å². The van der Waals surface area contributed by atoms with E-state index in [1.807, 2.05) is 12.1 Å². The molecule has 26 heavy (non-hydrogen) atoms. The van der Waals surface area contributed by atoms with Gasteiger partial charge in [-0.05, 0) is 30.5 Å². The summed E-state index contributed by atoms with van der Waals surface area (Å²) < 4.78 is 11.2. The van der Waals surface area contributed by atoms with Crippen LogP contribution in [0.5, 0.6) is 5.75 Å². The van der Waals surface area contributed by atoms with Crippen molar-refractivity contribution < 1.29 is 9.47 Å². The molecule has 0 spiro atoms. The summed E-state index contributed by atoms with van der Waals surface area (Å²) in [6.45, 7) is 14.2. The van der Waals surface area contributed by atoms with Gasteiger partial charge in [0.2, 0.25) is 0 Å². The summed E-state index contributed by atoms with van der Waals surface area (Å²) in [6.07, 6.45) is 0. The molecule has 0 amide bonds. The normalized spacial score (nSPS) is 15.9. The molecule has 0 saturated carbocycles. The van der Waals surface area contributed by atoms with Gasteiger partial charge in [0.25, 0.3) is 0 Å². The van der Waals surface area contributed by atoms with E-state index in [1.54, 1.807) is 0 Å². The van der Waals surface area contributed by atoms with Gasteiger partial charge in [0, 0.05) is 32.7 Å². The first-order valence-corrected chi connectivity index (χ1v) is 9.71. The highest BCUT2D eigenvalue weighted by molar-refractivity contribution is 5.79. The molecule has 1 aromatic rings. The van der Waals surface area contributed by atoms with E-state index < -0.39 is 0 Å². The van der Waals surface area contributed by atoms with Gasteiger partial charge >= 0.3 is 0 Å². The second-order valence-electron chi connectivity index (χ2n) is 6.93. The lowest BCUT2D eigenvalue weighted by atomic mass is 10.2. The molecule has 6 nitrogen and oxygen atoms in total. The van der Waals surface area contributed by atoms with Gasteiger partial charge in [0.15, 0.2) is 5.96 Å².